The molecule has 0 aliphatic carbocycles. The predicted octanol–water partition coefficient (Wildman–Crippen LogP) is 2.12. The van der Waals surface area contributed by atoms with Gasteiger partial charge in [-0.2, -0.15) is 0 Å². The van der Waals surface area contributed by atoms with Crippen molar-refractivity contribution in [3.05, 3.63) is 29.9 Å². The minimum Gasteiger partial charge on any atom is -0.342 e. The third kappa shape index (κ3) is 3.91. The second-order valence-corrected chi connectivity index (χ2v) is 7.41. The monoisotopic (exact) mass is 344 g/mol. The van der Waals surface area contributed by atoms with E-state index in [1.807, 2.05) is 25.1 Å². The van der Waals surface area contributed by atoms with Gasteiger partial charge < -0.3 is 14.0 Å². The van der Waals surface area contributed by atoms with Crippen LogP contribution in [0.25, 0.3) is 0 Å². The SMILES string of the molecule is Cc1nccn1Cc1nnc([C@@H]2CCCN(C(=O)CC(C)C)C2)n1C. The first-order valence-corrected chi connectivity index (χ1v) is 9.09. The van der Waals surface area contributed by atoms with Crippen LogP contribution in [0.15, 0.2) is 12.4 Å². The molecule has 1 fully saturated rings. The van der Waals surface area contributed by atoms with Crippen molar-refractivity contribution in [2.24, 2.45) is 13.0 Å². The molecule has 1 saturated heterocycles. The number of likely N-dealkylation sites (tertiary alicyclic amines) is 1. The molecule has 1 aliphatic heterocycles. The Morgan fingerprint density at radius 2 is 2.16 bits per heavy atom. The van der Waals surface area contributed by atoms with Crippen LogP contribution in [0.1, 0.15) is 56.5 Å². The second kappa shape index (κ2) is 7.37. The maximum atomic E-state index is 12.4. The molecular weight excluding hydrogens is 316 g/mol. The number of hydrogen-bond donors (Lipinski definition) is 0. The molecule has 1 aliphatic rings. The average molecular weight is 344 g/mol. The lowest BCUT2D eigenvalue weighted by Gasteiger charge is -2.32. The summed E-state index contributed by atoms with van der Waals surface area (Å²) in [6.07, 6.45) is 6.46. The molecule has 1 atom stereocenters. The number of hydrogen-bond acceptors (Lipinski definition) is 4. The zero-order chi connectivity index (χ0) is 18.0. The van der Waals surface area contributed by atoms with Gasteiger partial charge in [0.05, 0.1) is 6.54 Å². The molecule has 0 radical (unpaired) electrons. The number of piperidine rings is 1. The van der Waals surface area contributed by atoms with E-state index < -0.39 is 0 Å². The molecule has 3 heterocycles. The van der Waals surface area contributed by atoms with Gasteiger partial charge in [-0.25, -0.2) is 4.98 Å². The normalized spacial score (nSPS) is 18.1. The van der Waals surface area contributed by atoms with E-state index in [-0.39, 0.29) is 11.8 Å². The van der Waals surface area contributed by atoms with E-state index in [9.17, 15) is 4.79 Å². The maximum Gasteiger partial charge on any atom is 0.222 e. The minimum absolute atomic E-state index is 0.260. The van der Waals surface area contributed by atoms with Gasteiger partial charge in [-0.1, -0.05) is 13.8 Å². The van der Waals surface area contributed by atoms with Gasteiger partial charge in [-0.15, -0.1) is 10.2 Å². The fourth-order valence-electron chi connectivity index (χ4n) is 3.48. The summed E-state index contributed by atoms with van der Waals surface area (Å²) >= 11 is 0. The quantitative estimate of drug-likeness (QED) is 0.833. The van der Waals surface area contributed by atoms with Crippen LogP contribution in [0.4, 0.5) is 0 Å². The van der Waals surface area contributed by atoms with Crippen molar-refractivity contribution in [2.45, 2.75) is 52.5 Å². The van der Waals surface area contributed by atoms with Crippen molar-refractivity contribution in [1.82, 2.24) is 29.2 Å². The van der Waals surface area contributed by atoms with E-state index in [4.69, 9.17) is 0 Å². The van der Waals surface area contributed by atoms with Crippen LogP contribution >= 0.6 is 0 Å². The highest BCUT2D eigenvalue weighted by Crippen LogP contribution is 2.26. The van der Waals surface area contributed by atoms with Gasteiger partial charge in [0.1, 0.15) is 11.6 Å². The number of aromatic nitrogens is 5. The van der Waals surface area contributed by atoms with Crippen LogP contribution in [-0.2, 0) is 18.4 Å². The van der Waals surface area contributed by atoms with Crippen LogP contribution in [0.3, 0.4) is 0 Å². The fraction of sp³-hybridized carbons (Fsp3) is 0.667. The fourth-order valence-corrected chi connectivity index (χ4v) is 3.48. The van der Waals surface area contributed by atoms with Gasteiger partial charge in [-0.3, -0.25) is 4.79 Å². The molecule has 0 unspecified atom stereocenters. The Kier molecular flexibility index (Phi) is 5.20. The van der Waals surface area contributed by atoms with Gasteiger partial charge >= 0.3 is 0 Å². The van der Waals surface area contributed by atoms with Gasteiger partial charge in [-0.05, 0) is 25.7 Å². The molecule has 7 nitrogen and oxygen atoms in total. The van der Waals surface area contributed by atoms with E-state index in [0.29, 0.717) is 18.9 Å². The first-order chi connectivity index (χ1) is 12.0. The van der Waals surface area contributed by atoms with Crippen molar-refractivity contribution < 1.29 is 4.79 Å². The topological polar surface area (TPSA) is 68.8 Å². The second-order valence-electron chi connectivity index (χ2n) is 7.41. The molecular formula is C18H28N6O. The first kappa shape index (κ1) is 17.6. The highest BCUT2D eigenvalue weighted by molar-refractivity contribution is 5.76. The van der Waals surface area contributed by atoms with Crippen molar-refractivity contribution >= 4 is 5.91 Å². The molecule has 1 amide bonds. The third-order valence-electron chi connectivity index (χ3n) is 4.96. The van der Waals surface area contributed by atoms with Crippen molar-refractivity contribution in [1.29, 1.82) is 0 Å². The lowest BCUT2D eigenvalue weighted by atomic mass is 9.96. The van der Waals surface area contributed by atoms with Crippen LogP contribution in [-0.4, -0.2) is 48.2 Å². The lowest BCUT2D eigenvalue weighted by Crippen LogP contribution is -2.40. The van der Waals surface area contributed by atoms with E-state index >= 15 is 0 Å². The number of imidazole rings is 1. The molecule has 3 rings (SSSR count). The Labute approximate surface area is 149 Å². The minimum atomic E-state index is 0.260. The molecule has 7 heteroatoms. The summed E-state index contributed by atoms with van der Waals surface area (Å²) in [6.45, 7) is 8.44. The summed E-state index contributed by atoms with van der Waals surface area (Å²) in [7, 11) is 2.02. The van der Waals surface area contributed by atoms with Crippen molar-refractivity contribution in [3.63, 3.8) is 0 Å². The highest BCUT2D eigenvalue weighted by Gasteiger charge is 2.28. The Balaban J connectivity index is 1.71. The Morgan fingerprint density at radius 3 is 2.84 bits per heavy atom. The van der Waals surface area contributed by atoms with Gasteiger partial charge in [0.25, 0.3) is 0 Å². The van der Waals surface area contributed by atoms with E-state index in [1.54, 1.807) is 6.20 Å². The molecule has 25 heavy (non-hydrogen) atoms. The summed E-state index contributed by atoms with van der Waals surface area (Å²) in [4.78, 5) is 18.7. The molecule has 0 bridgehead atoms. The number of carbonyl (C=O) groups excluding carboxylic acids is 1. The molecule has 136 valence electrons. The number of carbonyl (C=O) groups is 1. The number of amides is 1. The molecule has 0 N–H and O–H groups in total. The third-order valence-corrected chi connectivity index (χ3v) is 4.96. The van der Waals surface area contributed by atoms with Crippen molar-refractivity contribution in [3.8, 4) is 0 Å². The molecule has 2 aromatic heterocycles. The molecule has 0 saturated carbocycles. The summed E-state index contributed by atoms with van der Waals surface area (Å²) < 4.78 is 4.15. The van der Waals surface area contributed by atoms with Crippen LogP contribution in [0.2, 0.25) is 0 Å². The van der Waals surface area contributed by atoms with Gasteiger partial charge in [0.15, 0.2) is 5.82 Å². The zero-order valence-electron chi connectivity index (χ0n) is 15.6. The van der Waals surface area contributed by atoms with Crippen molar-refractivity contribution in [2.75, 3.05) is 13.1 Å². The largest absolute Gasteiger partial charge is 0.342 e. The molecule has 0 spiro atoms. The summed E-state index contributed by atoms with van der Waals surface area (Å²) in [5.41, 5.74) is 0. The Hall–Kier alpha value is -2.18. The number of nitrogens with zero attached hydrogens (tertiary/aromatic N) is 6. The van der Waals surface area contributed by atoms with E-state index in [0.717, 1.165) is 43.4 Å². The molecule has 0 aromatic carbocycles. The summed E-state index contributed by atoms with van der Waals surface area (Å²) in [6, 6.07) is 0. The zero-order valence-corrected chi connectivity index (χ0v) is 15.6. The molecule has 2 aromatic rings. The number of aryl methyl sites for hydroxylation is 1. The smallest absolute Gasteiger partial charge is 0.222 e. The van der Waals surface area contributed by atoms with E-state index in [1.165, 1.54) is 0 Å². The van der Waals surface area contributed by atoms with Crippen LogP contribution < -0.4 is 0 Å². The average Bonchev–Trinajstić information content (AvgIpc) is 3.14. The predicted molar refractivity (Wildman–Crippen MR) is 95.1 cm³/mol. The Bertz CT molecular complexity index is 732. The van der Waals surface area contributed by atoms with Crippen LogP contribution in [0, 0.1) is 12.8 Å². The van der Waals surface area contributed by atoms with Gasteiger partial charge in [0.2, 0.25) is 5.91 Å². The van der Waals surface area contributed by atoms with Crippen LogP contribution in [0.5, 0.6) is 0 Å². The maximum absolute atomic E-state index is 12.4. The summed E-state index contributed by atoms with van der Waals surface area (Å²) in [5, 5.41) is 8.83. The lowest BCUT2D eigenvalue weighted by molar-refractivity contribution is -0.133. The summed E-state index contributed by atoms with van der Waals surface area (Å²) in [5.74, 6) is 3.79. The van der Waals surface area contributed by atoms with Gasteiger partial charge in [0, 0.05) is 44.9 Å². The first-order valence-electron chi connectivity index (χ1n) is 9.09. The Morgan fingerprint density at radius 1 is 1.36 bits per heavy atom. The van der Waals surface area contributed by atoms with E-state index in [2.05, 4.69) is 38.2 Å². The number of rotatable bonds is 5. The highest BCUT2D eigenvalue weighted by atomic mass is 16.2. The standard InChI is InChI=1S/C18H28N6O/c1-13(2)10-17(25)24-8-5-6-15(11-24)18-21-20-16(22(18)4)12-23-9-7-19-14(23)3/h7,9,13,15H,5-6,8,10-12H2,1-4H3/t15-/m1/s1.